The first-order chi connectivity index (χ1) is 65.8. The topological polar surface area (TPSA) is 25.3 Å². The van der Waals surface area contributed by atoms with E-state index in [1.54, 1.807) is 15.8 Å². The first kappa shape index (κ1) is 127. The first-order valence-electron chi connectivity index (χ1n) is 62.6. The van der Waals surface area contributed by atoms with Crippen LogP contribution in [0, 0.1) is 0 Å². The summed E-state index contributed by atoms with van der Waals surface area (Å²) >= 11 is 2.05. The monoisotopic (exact) mass is 1890 g/mol. The average Bonchev–Trinajstić information content (AvgIpc) is 1.59. The van der Waals surface area contributed by atoms with Crippen LogP contribution in [0.5, 0.6) is 0 Å². The number of hydrogen-bond donors (Lipinski definition) is 0. The van der Waals surface area contributed by atoms with Crippen LogP contribution in [0.3, 0.4) is 0 Å². The molecule has 2 aromatic rings. The fourth-order valence-corrected chi connectivity index (χ4v) is 23.3. The van der Waals surface area contributed by atoms with E-state index in [4.69, 9.17) is 0 Å². The molecule has 2 nitrogen and oxygen atoms in total. The van der Waals surface area contributed by atoms with Crippen LogP contribution in [-0.4, -0.2) is 4.70 Å². The Morgan fingerprint density at radius 2 is 0.301 bits per heavy atom. The van der Waals surface area contributed by atoms with Crippen molar-refractivity contribution in [1.29, 1.82) is 0 Å². The van der Waals surface area contributed by atoms with Gasteiger partial charge >= 0.3 is 166 Å². The molecule has 0 aromatic heterocycles. The molecule has 0 unspecified atom stereocenters. The van der Waals surface area contributed by atoms with Crippen molar-refractivity contribution in [2.75, 3.05) is 0 Å². The molecule has 0 N–H and O–H groups in total. The van der Waals surface area contributed by atoms with Crippen LogP contribution < -0.4 is 0 Å². The van der Waals surface area contributed by atoms with Crippen LogP contribution in [-0.2, 0) is 53.0 Å². The molecule has 2 aromatic carbocycles. The quantitative estimate of drug-likeness (QED) is 0.0358. The number of benzene rings is 2. The Hall–Kier alpha value is -1.99. The second-order valence-corrected chi connectivity index (χ2v) is 45.0. The Balaban J connectivity index is 0.00000128. The van der Waals surface area contributed by atoms with E-state index < -0.39 is 0 Å². The van der Waals surface area contributed by atoms with Crippen molar-refractivity contribution in [1.82, 2.24) is 0 Å². The van der Waals surface area contributed by atoms with Crippen molar-refractivity contribution >= 4 is 11.4 Å². The molecule has 0 saturated carbocycles. The maximum absolute atomic E-state index is 13.0. The predicted molar refractivity (Wildman–Crippen MR) is 602 cm³/mol. The summed E-state index contributed by atoms with van der Waals surface area (Å²) in [6.45, 7) is 23.4. The van der Waals surface area contributed by atoms with Gasteiger partial charge in [0, 0.05) is 22.3 Å². The van der Waals surface area contributed by atoms with E-state index in [2.05, 4.69) is 93.5 Å². The fraction of sp³-hybridized carbons (Fsp3) is 0.877. The van der Waals surface area contributed by atoms with Gasteiger partial charge in [-0.25, -0.2) is 4.70 Å². The summed E-state index contributed by atoms with van der Waals surface area (Å²) in [5.74, 6) is 0. The smallest absolute Gasteiger partial charge is 0.0654 e. The van der Waals surface area contributed by atoms with Crippen molar-refractivity contribution in [3.63, 3.8) is 0 Å². The Kier molecular flexibility index (Phi) is 97.0. The summed E-state index contributed by atoms with van der Waals surface area (Å²) in [6.07, 6.45) is 144. The Morgan fingerprint density at radius 3 is 0.459 bits per heavy atom. The van der Waals surface area contributed by atoms with Crippen molar-refractivity contribution in [3.8, 4) is 0 Å². The third-order valence-corrected chi connectivity index (χ3v) is 32.5. The number of rotatable bonds is 106. The normalized spacial score (nSPS) is 12.4. The molecule has 1 aliphatic rings. The molecule has 0 spiro atoms. The summed E-state index contributed by atoms with van der Waals surface area (Å²) in [5.41, 5.74) is 29.8. The summed E-state index contributed by atoms with van der Waals surface area (Å²) in [6, 6.07) is 10.1. The van der Waals surface area contributed by atoms with E-state index in [-0.39, 0.29) is 0 Å². The molecule has 133 heavy (non-hydrogen) atoms. The minimum Gasteiger partial charge on any atom is -0.0654 e. The van der Waals surface area contributed by atoms with Gasteiger partial charge in [-0.15, -0.1) is 0 Å². The number of nitrogens with zero attached hydrogens (tertiary/aromatic N) is 2. The zero-order chi connectivity index (χ0) is 95.6. The van der Waals surface area contributed by atoms with Gasteiger partial charge in [-0.3, -0.25) is 0 Å². The number of hydrogen-bond acceptors (Lipinski definition) is 0. The molecule has 1 aliphatic heterocycles. The van der Waals surface area contributed by atoms with E-state index in [1.807, 2.05) is 14.4 Å². The fourth-order valence-electron chi connectivity index (χ4n) is 22.1. The molecule has 0 amide bonds. The van der Waals surface area contributed by atoms with E-state index in [0.29, 0.717) is 0 Å². The Bertz CT molecular complexity index is 2730. The van der Waals surface area contributed by atoms with Crippen molar-refractivity contribution in [2.24, 2.45) is 0 Å². The Labute approximate surface area is 845 Å². The summed E-state index contributed by atoms with van der Waals surface area (Å²) < 4.78 is 1.73. The maximum atomic E-state index is 13.0. The van der Waals surface area contributed by atoms with Crippen LogP contribution in [0.25, 0.3) is 16.9 Å². The average molecular weight is 1890 g/mol. The molecule has 0 atom stereocenters. The Morgan fingerprint density at radius 1 is 0.165 bits per heavy atom. The zero-order valence-electron chi connectivity index (χ0n) is 93.1. The van der Waals surface area contributed by atoms with Gasteiger partial charge in [0.15, 0.2) is 0 Å². The van der Waals surface area contributed by atoms with Crippen LogP contribution >= 0.6 is 0 Å². The molecular formula is C130H242N2Ni. The zero-order valence-corrected chi connectivity index (χ0v) is 94.0. The number of aryl methyl sites for hydroxylation is 4. The van der Waals surface area contributed by atoms with E-state index in [1.165, 1.54) is 659 Å². The minimum absolute atomic E-state index is 1.03. The standard InChI is InChI=1S/C92H164N2.2C19H39.Ni/c1-9-17-21-24-27-29-31-33-35-37-39-41-43-45-47-49-51-53-55-57-59-61-63-65-68-70-74-87-81(13-5)77-85(78-82(87)14-6)91-89(73-20-12-4)90(76-72-67-26-23-19-11-3)92(94(91)93)86-79-83(15-7)88(84(16-8)80-86)75-71-69-66-64-62-60-58-56-54-52-50-48-46-44-42-40-38-36-34-32-30-28-25-22-18-10-2;2*1-3-5-7-9-11-13-15-17-19-18-16-14-12-10-8-6-4-2;/h77-80H,9-76H2,1-8H3;2*1,3-19H2,2H3;. The SMILES string of the molecule is CCCCCCCCCCCCCCCCCCCCCCCCCCCCc1c(CC)cc(C2=C(CCCC)C(CCCCCCCC)=C(c3cc(CC)c(CCCCCCCCCCCCCCCCCCCCCCCCCCCC)c(CC)c3)[N+]2=[N-])cc1CC.CCCCCCCCCCCCCCCCCC[CH2][Ni][CH2]CCCCCCCCCCCCCCCCCC. The molecular weight excluding hydrogens is 1650 g/mol. The summed E-state index contributed by atoms with van der Waals surface area (Å²) in [5, 5.41) is 2.87. The third kappa shape index (κ3) is 73.7. The molecule has 1 heterocycles. The van der Waals surface area contributed by atoms with Gasteiger partial charge in [0.25, 0.3) is 0 Å². The van der Waals surface area contributed by atoms with Gasteiger partial charge in [-0.2, -0.15) is 0 Å². The van der Waals surface area contributed by atoms with Crippen LogP contribution in [0.4, 0.5) is 0 Å². The predicted octanol–water partition coefficient (Wildman–Crippen LogP) is 47.7. The van der Waals surface area contributed by atoms with Gasteiger partial charge in [0.2, 0.25) is 11.4 Å². The first-order valence-corrected chi connectivity index (χ1v) is 64.0. The number of unbranched alkanes of at least 4 members (excludes halogenated alkanes) is 88. The molecule has 0 saturated heterocycles. The second-order valence-electron chi connectivity index (χ2n) is 43.5. The number of allylic oxidation sites excluding steroid dienone is 2. The molecule has 0 bridgehead atoms. The summed E-state index contributed by atoms with van der Waals surface area (Å²) in [7, 11) is 0. The van der Waals surface area contributed by atoms with Gasteiger partial charge in [0.1, 0.15) is 0 Å². The second kappa shape index (κ2) is 102. The molecule has 0 fully saturated rings. The van der Waals surface area contributed by atoms with Gasteiger partial charge in [-0.05, 0) is 135 Å². The molecule has 3 rings (SSSR count). The van der Waals surface area contributed by atoms with Crippen molar-refractivity contribution in [3.05, 3.63) is 85.5 Å². The van der Waals surface area contributed by atoms with E-state index >= 15 is 0 Å². The third-order valence-electron chi connectivity index (χ3n) is 31.1. The van der Waals surface area contributed by atoms with Gasteiger partial charge < -0.3 is 5.53 Å². The van der Waals surface area contributed by atoms with E-state index in [9.17, 15) is 5.53 Å². The summed E-state index contributed by atoms with van der Waals surface area (Å²) in [4.78, 5) is 0. The van der Waals surface area contributed by atoms with Crippen molar-refractivity contribution < 1.29 is 19.1 Å². The van der Waals surface area contributed by atoms with Crippen molar-refractivity contribution in [2.45, 2.75) is 735 Å². The van der Waals surface area contributed by atoms with Crippen LogP contribution in [0.15, 0.2) is 35.4 Å². The van der Waals surface area contributed by atoms with Gasteiger partial charge in [-0.1, -0.05) is 506 Å². The molecule has 0 radical (unpaired) electrons. The van der Waals surface area contributed by atoms with E-state index in [0.717, 1.165) is 62.8 Å². The molecule has 3 heteroatoms. The minimum atomic E-state index is 1.03. The molecule has 782 valence electrons. The molecule has 0 aliphatic carbocycles. The van der Waals surface area contributed by atoms with Crippen LogP contribution in [0.2, 0.25) is 10.8 Å². The van der Waals surface area contributed by atoms with Crippen LogP contribution in [0.1, 0.15) is 730 Å². The van der Waals surface area contributed by atoms with Gasteiger partial charge in [0.05, 0.1) is 0 Å².